The van der Waals surface area contributed by atoms with Crippen molar-refractivity contribution in [2.45, 2.75) is 64.6 Å². The van der Waals surface area contributed by atoms with Crippen molar-refractivity contribution < 1.29 is 10.2 Å². The standard InChI is InChI=1S/C12H25O2/c1-4-6-10(3)8-9-12(14)11(13)7-5-2/h10-14H,3-9H2,1-2H3. The number of aliphatic hydroxyl groups is 2. The molecule has 0 aromatic rings. The Bertz CT molecular complexity index is 125. The van der Waals surface area contributed by atoms with Crippen LogP contribution >= 0.6 is 0 Å². The van der Waals surface area contributed by atoms with Gasteiger partial charge in [-0.25, -0.2) is 0 Å². The number of hydrogen-bond acceptors (Lipinski definition) is 2. The number of hydrogen-bond donors (Lipinski definition) is 2. The van der Waals surface area contributed by atoms with Crippen molar-refractivity contribution in [3.8, 4) is 0 Å². The van der Waals surface area contributed by atoms with Crippen LogP contribution in [0.1, 0.15) is 52.4 Å². The van der Waals surface area contributed by atoms with E-state index in [2.05, 4.69) is 13.8 Å². The summed E-state index contributed by atoms with van der Waals surface area (Å²) in [7, 11) is 0. The van der Waals surface area contributed by atoms with E-state index < -0.39 is 12.2 Å². The third kappa shape index (κ3) is 6.39. The van der Waals surface area contributed by atoms with Crippen molar-refractivity contribution in [3.05, 3.63) is 6.92 Å². The van der Waals surface area contributed by atoms with E-state index in [0.717, 1.165) is 25.7 Å². The third-order valence-electron chi connectivity index (χ3n) is 2.60. The topological polar surface area (TPSA) is 40.5 Å². The molecule has 0 aliphatic rings. The summed E-state index contributed by atoms with van der Waals surface area (Å²) >= 11 is 0. The fraction of sp³-hybridized carbons (Fsp3) is 0.917. The molecule has 0 spiro atoms. The Morgan fingerprint density at radius 3 is 1.86 bits per heavy atom. The molecule has 0 aliphatic carbocycles. The minimum absolute atomic E-state index is 0.420. The number of aliphatic hydroxyl groups excluding tert-OH is 2. The molecule has 2 heteroatoms. The van der Waals surface area contributed by atoms with Crippen LogP contribution in [0.25, 0.3) is 0 Å². The van der Waals surface area contributed by atoms with E-state index in [1.807, 2.05) is 6.92 Å². The molecule has 0 aromatic carbocycles. The van der Waals surface area contributed by atoms with Gasteiger partial charge in [-0.1, -0.05) is 40.0 Å². The van der Waals surface area contributed by atoms with Crippen molar-refractivity contribution in [2.75, 3.05) is 0 Å². The van der Waals surface area contributed by atoms with E-state index in [0.29, 0.717) is 18.8 Å². The lowest BCUT2D eigenvalue weighted by atomic mass is 9.95. The predicted molar refractivity (Wildman–Crippen MR) is 59.9 cm³/mol. The van der Waals surface area contributed by atoms with Gasteiger partial charge < -0.3 is 10.2 Å². The van der Waals surface area contributed by atoms with E-state index in [-0.39, 0.29) is 0 Å². The van der Waals surface area contributed by atoms with E-state index in [1.54, 1.807) is 0 Å². The maximum Gasteiger partial charge on any atom is 0.0799 e. The first-order valence-electron chi connectivity index (χ1n) is 5.81. The van der Waals surface area contributed by atoms with Gasteiger partial charge in [0.25, 0.3) is 0 Å². The first-order chi connectivity index (χ1) is 6.61. The molecule has 0 saturated carbocycles. The van der Waals surface area contributed by atoms with Crippen molar-refractivity contribution in [3.63, 3.8) is 0 Å². The minimum atomic E-state index is -0.559. The molecule has 0 saturated heterocycles. The normalized spacial score (nSPS) is 17.8. The summed E-state index contributed by atoms with van der Waals surface area (Å²) in [5.74, 6) is 0.420. The zero-order chi connectivity index (χ0) is 11.0. The largest absolute Gasteiger partial charge is 0.390 e. The average Bonchev–Trinajstić information content (AvgIpc) is 2.15. The monoisotopic (exact) mass is 201 g/mol. The van der Waals surface area contributed by atoms with Crippen LogP contribution in [-0.4, -0.2) is 22.4 Å². The van der Waals surface area contributed by atoms with Gasteiger partial charge in [-0.2, -0.15) is 0 Å². The highest BCUT2D eigenvalue weighted by molar-refractivity contribution is 4.70. The highest BCUT2D eigenvalue weighted by atomic mass is 16.3. The van der Waals surface area contributed by atoms with Crippen LogP contribution in [0.15, 0.2) is 0 Å². The van der Waals surface area contributed by atoms with Gasteiger partial charge in [-0.15, -0.1) is 0 Å². The van der Waals surface area contributed by atoms with E-state index in [4.69, 9.17) is 0 Å². The van der Waals surface area contributed by atoms with Gasteiger partial charge >= 0.3 is 0 Å². The molecule has 1 radical (unpaired) electrons. The van der Waals surface area contributed by atoms with Gasteiger partial charge in [0.1, 0.15) is 0 Å². The van der Waals surface area contributed by atoms with Crippen LogP contribution in [0.5, 0.6) is 0 Å². The maximum atomic E-state index is 9.59. The fourth-order valence-corrected chi connectivity index (χ4v) is 1.64. The highest BCUT2D eigenvalue weighted by Gasteiger charge is 2.15. The van der Waals surface area contributed by atoms with Crippen LogP contribution < -0.4 is 0 Å². The second-order valence-electron chi connectivity index (χ2n) is 4.16. The quantitative estimate of drug-likeness (QED) is 0.633. The molecule has 2 N–H and O–H groups in total. The third-order valence-corrected chi connectivity index (χ3v) is 2.60. The smallest absolute Gasteiger partial charge is 0.0799 e. The first kappa shape index (κ1) is 13.9. The zero-order valence-electron chi connectivity index (χ0n) is 9.58. The average molecular weight is 201 g/mol. The second kappa shape index (κ2) is 8.25. The van der Waals surface area contributed by atoms with E-state index in [9.17, 15) is 10.2 Å². The molecule has 0 fully saturated rings. The second-order valence-corrected chi connectivity index (χ2v) is 4.16. The molecule has 14 heavy (non-hydrogen) atoms. The Morgan fingerprint density at radius 1 is 0.857 bits per heavy atom. The lowest BCUT2D eigenvalue weighted by Crippen LogP contribution is -2.26. The molecule has 0 rings (SSSR count). The van der Waals surface area contributed by atoms with Crippen LogP contribution in [0.3, 0.4) is 0 Å². The van der Waals surface area contributed by atoms with Gasteiger partial charge in [-0.05, 0) is 25.2 Å². The Labute approximate surface area is 88.3 Å². The van der Waals surface area contributed by atoms with Crippen molar-refractivity contribution >= 4 is 0 Å². The highest BCUT2D eigenvalue weighted by Crippen LogP contribution is 2.16. The minimum Gasteiger partial charge on any atom is -0.390 e. The summed E-state index contributed by atoms with van der Waals surface area (Å²) in [5, 5.41) is 19.1. The summed E-state index contributed by atoms with van der Waals surface area (Å²) in [6.45, 7) is 8.16. The van der Waals surface area contributed by atoms with E-state index >= 15 is 0 Å². The van der Waals surface area contributed by atoms with Gasteiger partial charge in [-0.3, -0.25) is 0 Å². The fourth-order valence-electron chi connectivity index (χ4n) is 1.64. The predicted octanol–water partition coefficient (Wildman–Crippen LogP) is 2.54. The maximum absolute atomic E-state index is 9.59. The van der Waals surface area contributed by atoms with Gasteiger partial charge in [0, 0.05) is 0 Å². The Morgan fingerprint density at radius 2 is 1.36 bits per heavy atom. The molecule has 0 aromatic heterocycles. The number of rotatable bonds is 8. The van der Waals surface area contributed by atoms with Crippen LogP contribution in [-0.2, 0) is 0 Å². The van der Waals surface area contributed by atoms with E-state index in [1.165, 1.54) is 0 Å². The van der Waals surface area contributed by atoms with Crippen LogP contribution in [0, 0.1) is 12.8 Å². The zero-order valence-corrected chi connectivity index (χ0v) is 9.58. The lowest BCUT2D eigenvalue weighted by Gasteiger charge is -2.18. The molecule has 3 atom stereocenters. The molecular weight excluding hydrogens is 176 g/mol. The summed E-state index contributed by atoms with van der Waals surface area (Å²) < 4.78 is 0. The van der Waals surface area contributed by atoms with Crippen molar-refractivity contribution in [1.82, 2.24) is 0 Å². The molecular formula is C12H25O2. The first-order valence-corrected chi connectivity index (χ1v) is 5.81. The molecule has 3 unspecified atom stereocenters. The SMILES string of the molecule is [CH2]C(CCC)CCC(O)C(O)CCC. The van der Waals surface area contributed by atoms with Gasteiger partial charge in [0.2, 0.25) is 0 Å². The Balaban J connectivity index is 3.56. The van der Waals surface area contributed by atoms with Gasteiger partial charge in [0.15, 0.2) is 0 Å². The van der Waals surface area contributed by atoms with Gasteiger partial charge in [0.05, 0.1) is 12.2 Å². The molecule has 85 valence electrons. The lowest BCUT2D eigenvalue weighted by molar-refractivity contribution is 0.00678. The van der Waals surface area contributed by atoms with Crippen molar-refractivity contribution in [1.29, 1.82) is 0 Å². The Kier molecular flexibility index (Phi) is 8.20. The Hall–Kier alpha value is -0.0800. The molecule has 0 amide bonds. The van der Waals surface area contributed by atoms with Crippen LogP contribution in [0.2, 0.25) is 0 Å². The summed E-state index contributed by atoms with van der Waals surface area (Å²) in [6.07, 6.45) is 4.34. The molecule has 0 heterocycles. The summed E-state index contributed by atoms with van der Waals surface area (Å²) in [4.78, 5) is 0. The summed E-state index contributed by atoms with van der Waals surface area (Å²) in [5.41, 5.74) is 0. The van der Waals surface area contributed by atoms with Crippen LogP contribution in [0.4, 0.5) is 0 Å². The molecule has 2 nitrogen and oxygen atoms in total. The summed E-state index contributed by atoms with van der Waals surface area (Å²) in [6, 6.07) is 0. The molecule has 0 aliphatic heterocycles. The molecule has 0 bridgehead atoms. The van der Waals surface area contributed by atoms with Crippen molar-refractivity contribution in [2.24, 2.45) is 5.92 Å².